The third kappa shape index (κ3) is 2.69. The third-order valence-corrected chi connectivity index (χ3v) is 3.10. The normalized spacial score (nSPS) is 12.3. The summed E-state index contributed by atoms with van der Waals surface area (Å²) < 4.78 is 31.4. The van der Waals surface area contributed by atoms with Gasteiger partial charge in [0.25, 0.3) is 0 Å². The van der Waals surface area contributed by atoms with Crippen LogP contribution in [0.1, 0.15) is 17.2 Å². The number of benzene rings is 2. The standard InChI is InChI=1S/C14H11ClF2O2/c1-19-13-5-3-2-4-8(13)14(18)9-6-11(16)12(17)7-10(9)15/h2-7,14,18H,1H3. The van der Waals surface area contributed by atoms with Gasteiger partial charge in [-0.3, -0.25) is 0 Å². The van der Waals surface area contributed by atoms with Crippen LogP contribution in [0, 0.1) is 11.6 Å². The number of rotatable bonds is 3. The molecule has 2 aromatic carbocycles. The van der Waals surface area contributed by atoms with Crippen molar-refractivity contribution in [2.75, 3.05) is 7.11 Å². The van der Waals surface area contributed by atoms with Crippen molar-refractivity contribution in [1.29, 1.82) is 0 Å². The zero-order valence-corrected chi connectivity index (χ0v) is 10.8. The largest absolute Gasteiger partial charge is 0.496 e. The van der Waals surface area contributed by atoms with Crippen LogP contribution in [-0.2, 0) is 0 Å². The Morgan fingerprint density at radius 3 is 2.42 bits per heavy atom. The van der Waals surface area contributed by atoms with Crippen LogP contribution in [0.15, 0.2) is 36.4 Å². The fraction of sp³-hybridized carbons (Fsp3) is 0.143. The highest BCUT2D eigenvalue weighted by Gasteiger charge is 2.20. The minimum atomic E-state index is -1.20. The minimum absolute atomic E-state index is 0.0442. The van der Waals surface area contributed by atoms with Crippen molar-refractivity contribution < 1.29 is 18.6 Å². The second kappa shape index (κ2) is 5.55. The smallest absolute Gasteiger partial charge is 0.160 e. The Kier molecular flexibility index (Phi) is 4.02. The molecule has 0 heterocycles. The van der Waals surface area contributed by atoms with Gasteiger partial charge in [-0.05, 0) is 18.2 Å². The van der Waals surface area contributed by atoms with Gasteiger partial charge in [0.05, 0.1) is 7.11 Å². The molecule has 0 aliphatic carbocycles. The van der Waals surface area contributed by atoms with Gasteiger partial charge in [-0.25, -0.2) is 8.78 Å². The summed E-state index contributed by atoms with van der Waals surface area (Å²) in [7, 11) is 1.46. The van der Waals surface area contributed by atoms with Gasteiger partial charge in [0, 0.05) is 16.1 Å². The highest BCUT2D eigenvalue weighted by molar-refractivity contribution is 6.31. The van der Waals surface area contributed by atoms with Crippen molar-refractivity contribution in [1.82, 2.24) is 0 Å². The number of aliphatic hydroxyl groups excluding tert-OH is 1. The van der Waals surface area contributed by atoms with E-state index in [2.05, 4.69) is 0 Å². The number of methoxy groups -OCH3 is 1. The molecule has 1 atom stereocenters. The van der Waals surface area contributed by atoms with E-state index >= 15 is 0 Å². The summed E-state index contributed by atoms with van der Waals surface area (Å²) in [5, 5.41) is 10.2. The first-order valence-corrected chi connectivity index (χ1v) is 5.87. The zero-order chi connectivity index (χ0) is 14.0. The summed E-state index contributed by atoms with van der Waals surface area (Å²) in [5.41, 5.74) is 0.517. The van der Waals surface area contributed by atoms with E-state index in [9.17, 15) is 13.9 Å². The van der Waals surface area contributed by atoms with E-state index in [1.54, 1.807) is 24.3 Å². The maximum atomic E-state index is 13.2. The van der Waals surface area contributed by atoms with Gasteiger partial charge in [-0.2, -0.15) is 0 Å². The maximum Gasteiger partial charge on any atom is 0.160 e. The molecule has 2 rings (SSSR count). The predicted octanol–water partition coefficient (Wildman–Crippen LogP) is 3.71. The Bertz CT molecular complexity index is 602. The summed E-state index contributed by atoms with van der Waals surface area (Å²) in [6.45, 7) is 0. The summed E-state index contributed by atoms with van der Waals surface area (Å²) >= 11 is 5.83. The summed E-state index contributed by atoms with van der Waals surface area (Å²) in [6, 6.07) is 8.45. The molecule has 2 aromatic rings. The van der Waals surface area contributed by atoms with Crippen LogP contribution in [0.3, 0.4) is 0 Å². The molecule has 100 valence electrons. The fourth-order valence-corrected chi connectivity index (χ4v) is 2.06. The quantitative estimate of drug-likeness (QED) is 0.871. The topological polar surface area (TPSA) is 29.5 Å². The fourth-order valence-electron chi connectivity index (χ4n) is 1.81. The van der Waals surface area contributed by atoms with E-state index in [1.807, 2.05) is 0 Å². The number of halogens is 3. The van der Waals surface area contributed by atoms with Crippen LogP contribution < -0.4 is 4.74 Å². The molecular weight excluding hydrogens is 274 g/mol. The first-order chi connectivity index (χ1) is 9.04. The molecule has 0 saturated heterocycles. The molecule has 5 heteroatoms. The Morgan fingerprint density at radius 1 is 1.11 bits per heavy atom. The average molecular weight is 285 g/mol. The number of para-hydroxylation sites is 1. The lowest BCUT2D eigenvalue weighted by Crippen LogP contribution is -2.04. The van der Waals surface area contributed by atoms with E-state index in [0.717, 1.165) is 12.1 Å². The molecule has 0 bridgehead atoms. The van der Waals surface area contributed by atoms with Gasteiger partial charge in [0.15, 0.2) is 11.6 Å². The van der Waals surface area contributed by atoms with Gasteiger partial charge < -0.3 is 9.84 Å². The first kappa shape index (κ1) is 13.8. The summed E-state index contributed by atoms with van der Waals surface area (Å²) in [5.74, 6) is -1.68. The van der Waals surface area contributed by atoms with Gasteiger partial charge >= 0.3 is 0 Å². The predicted molar refractivity (Wildman–Crippen MR) is 68.4 cm³/mol. The second-order valence-electron chi connectivity index (χ2n) is 3.93. The molecular formula is C14H11ClF2O2. The molecule has 0 spiro atoms. The van der Waals surface area contributed by atoms with E-state index in [0.29, 0.717) is 11.3 Å². The molecule has 1 unspecified atom stereocenters. The molecule has 0 aliphatic rings. The molecule has 0 amide bonds. The van der Waals surface area contributed by atoms with Crippen LogP contribution in [0.4, 0.5) is 8.78 Å². The van der Waals surface area contributed by atoms with Gasteiger partial charge in [0.1, 0.15) is 11.9 Å². The molecule has 0 aliphatic heterocycles. The van der Waals surface area contributed by atoms with Crippen LogP contribution in [0.25, 0.3) is 0 Å². The lowest BCUT2D eigenvalue weighted by atomic mass is 10.0. The van der Waals surface area contributed by atoms with Crippen molar-refractivity contribution in [3.63, 3.8) is 0 Å². The molecule has 0 aromatic heterocycles. The Labute approximate surface area is 114 Å². The van der Waals surface area contributed by atoms with Crippen LogP contribution in [0.5, 0.6) is 5.75 Å². The average Bonchev–Trinajstić information content (AvgIpc) is 2.42. The van der Waals surface area contributed by atoms with E-state index in [1.165, 1.54) is 7.11 Å². The van der Waals surface area contributed by atoms with Gasteiger partial charge in [0.2, 0.25) is 0 Å². The van der Waals surface area contributed by atoms with E-state index < -0.39 is 17.7 Å². The Hall–Kier alpha value is -1.65. The lowest BCUT2D eigenvalue weighted by molar-refractivity contribution is 0.214. The van der Waals surface area contributed by atoms with Crippen molar-refractivity contribution in [3.05, 3.63) is 64.2 Å². The van der Waals surface area contributed by atoms with Crippen LogP contribution >= 0.6 is 11.6 Å². The van der Waals surface area contributed by atoms with Crippen molar-refractivity contribution in [3.8, 4) is 5.75 Å². The number of hydrogen-bond donors (Lipinski definition) is 1. The molecule has 0 fully saturated rings. The highest BCUT2D eigenvalue weighted by Crippen LogP contribution is 2.34. The lowest BCUT2D eigenvalue weighted by Gasteiger charge is -2.16. The van der Waals surface area contributed by atoms with Crippen molar-refractivity contribution in [2.45, 2.75) is 6.10 Å². The highest BCUT2D eigenvalue weighted by atomic mass is 35.5. The first-order valence-electron chi connectivity index (χ1n) is 5.50. The molecule has 0 radical (unpaired) electrons. The van der Waals surface area contributed by atoms with Crippen molar-refractivity contribution >= 4 is 11.6 Å². The Balaban J connectivity index is 2.50. The van der Waals surface area contributed by atoms with Gasteiger partial charge in [-0.1, -0.05) is 29.8 Å². The molecule has 19 heavy (non-hydrogen) atoms. The molecule has 2 nitrogen and oxygen atoms in total. The minimum Gasteiger partial charge on any atom is -0.496 e. The molecule has 0 saturated carbocycles. The number of ether oxygens (including phenoxy) is 1. The summed E-state index contributed by atoms with van der Waals surface area (Å²) in [6.07, 6.45) is -1.20. The summed E-state index contributed by atoms with van der Waals surface area (Å²) in [4.78, 5) is 0. The van der Waals surface area contributed by atoms with Gasteiger partial charge in [-0.15, -0.1) is 0 Å². The third-order valence-electron chi connectivity index (χ3n) is 2.77. The SMILES string of the molecule is COc1ccccc1C(O)c1cc(F)c(F)cc1Cl. The van der Waals surface area contributed by atoms with Crippen molar-refractivity contribution in [2.24, 2.45) is 0 Å². The van der Waals surface area contributed by atoms with E-state index in [4.69, 9.17) is 16.3 Å². The zero-order valence-electron chi connectivity index (χ0n) is 10.0. The monoisotopic (exact) mass is 284 g/mol. The van der Waals surface area contributed by atoms with Crippen LogP contribution in [0.2, 0.25) is 5.02 Å². The Morgan fingerprint density at radius 2 is 1.74 bits per heavy atom. The molecule has 1 N–H and O–H groups in total. The number of hydrogen-bond acceptors (Lipinski definition) is 2. The second-order valence-corrected chi connectivity index (χ2v) is 4.34. The van der Waals surface area contributed by atoms with Crippen LogP contribution in [-0.4, -0.2) is 12.2 Å². The van der Waals surface area contributed by atoms with E-state index in [-0.39, 0.29) is 10.6 Å². The number of aliphatic hydroxyl groups is 1. The maximum absolute atomic E-state index is 13.2.